The minimum absolute atomic E-state index is 0.0471. The fraction of sp³-hybridized carbons (Fsp3) is 0.750. The van der Waals surface area contributed by atoms with Crippen LogP contribution in [0.4, 0.5) is 5.82 Å². The Morgan fingerprint density at radius 2 is 1.54 bits per heavy atom. The molecule has 8 nitrogen and oxygen atoms in total. The number of rotatable bonds is 5. The zero-order valence-corrected chi connectivity index (χ0v) is 17.2. The summed E-state index contributed by atoms with van der Waals surface area (Å²) >= 11 is 0. The highest BCUT2D eigenvalue weighted by molar-refractivity contribution is 6.01. The minimum atomic E-state index is -0.610. The lowest BCUT2D eigenvalue weighted by Gasteiger charge is -2.34. The van der Waals surface area contributed by atoms with Crippen LogP contribution in [0, 0.1) is 5.92 Å². The Kier molecular flexibility index (Phi) is 6.72. The molecule has 0 spiro atoms. The van der Waals surface area contributed by atoms with Crippen molar-refractivity contribution in [3.63, 3.8) is 0 Å². The van der Waals surface area contributed by atoms with Crippen LogP contribution in [0.3, 0.4) is 0 Å². The van der Waals surface area contributed by atoms with Crippen molar-refractivity contribution in [2.24, 2.45) is 20.0 Å². The van der Waals surface area contributed by atoms with Gasteiger partial charge in [0.2, 0.25) is 0 Å². The highest BCUT2D eigenvalue weighted by atomic mass is 16.2. The topological polar surface area (TPSA) is 93.6 Å². The Hall–Kier alpha value is -1.93. The third-order valence-electron chi connectivity index (χ3n) is 6.28. The smallest absolute Gasteiger partial charge is 0.332 e. The van der Waals surface area contributed by atoms with Crippen molar-refractivity contribution >= 4 is 11.6 Å². The first-order valence-electron chi connectivity index (χ1n) is 10.4. The number of aromatic nitrogens is 2. The molecule has 0 saturated carbocycles. The lowest BCUT2D eigenvalue weighted by atomic mass is 9.95. The van der Waals surface area contributed by atoms with Crippen molar-refractivity contribution in [2.45, 2.75) is 38.5 Å². The van der Waals surface area contributed by atoms with Crippen LogP contribution in [0.15, 0.2) is 9.59 Å². The molecule has 8 heteroatoms. The van der Waals surface area contributed by atoms with Crippen molar-refractivity contribution in [3.05, 3.63) is 26.4 Å². The highest BCUT2D eigenvalue weighted by Crippen LogP contribution is 2.20. The molecule has 2 N–H and O–H groups in total. The molecule has 1 aromatic heterocycles. The quantitative estimate of drug-likeness (QED) is 0.732. The number of hydrogen-bond acceptors (Lipinski definition) is 6. The highest BCUT2D eigenvalue weighted by Gasteiger charge is 2.26. The molecule has 0 aromatic carbocycles. The lowest BCUT2D eigenvalue weighted by molar-refractivity contribution is 0.0875. The van der Waals surface area contributed by atoms with Gasteiger partial charge in [0, 0.05) is 20.6 Å². The summed E-state index contributed by atoms with van der Waals surface area (Å²) in [6.45, 7) is 5.48. The molecular formula is C20H33N5O3. The number of ketones is 1. The van der Waals surface area contributed by atoms with Crippen molar-refractivity contribution in [1.29, 1.82) is 0 Å². The van der Waals surface area contributed by atoms with E-state index in [1.54, 1.807) is 0 Å². The maximum Gasteiger partial charge on any atom is 0.332 e. The summed E-state index contributed by atoms with van der Waals surface area (Å²) in [5.74, 6) is 0.328. The van der Waals surface area contributed by atoms with Crippen LogP contribution in [0.5, 0.6) is 0 Å². The van der Waals surface area contributed by atoms with E-state index in [1.807, 2.05) is 0 Å². The van der Waals surface area contributed by atoms with Gasteiger partial charge in [-0.25, -0.2) is 4.79 Å². The normalized spacial score (nSPS) is 20.2. The summed E-state index contributed by atoms with van der Waals surface area (Å²) < 4.78 is 2.10. The van der Waals surface area contributed by atoms with E-state index in [0.717, 1.165) is 41.6 Å². The number of anilines is 1. The molecule has 2 saturated heterocycles. The summed E-state index contributed by atoms with van der Waals surface area (Å²) in [6.07, 6.45) is 7.47. The second kappa shape index (κ2) is 9.05. The first-order valence-corrected chi connectivity index (χ1v) is 10.4. The molecule has 0 unspecified atom stereocenters. The molecule has 156 valence electrons. The van der Waals surface area contributed by atoms with Crippen molar-refractivity contribution in [2.75, 3.05) is 45.0 Å². The second-order valence-electron chi connectivity index (χ2n) is 8.32. The Balaban J connectivity index is 1.57. The van der Waals surface area contributed by atoms with E-state index in [4.69, 9.17) is 5.73 Å². The third kappa shape index (κ3) is 4.55. The van der Waals surface area contributed by atoms with Crippen molar-refractivity contribution in [1.82, 2.24) is 18.9 Å². The van der Waals surface area contributed by atoms with Gasteiger partial charge in [0.1, 0.15) is 11.4 Å². The van der Waals surface area contributed by atoms with Crippen LogP contribution in [-0.4, -0.2) is 64.0 Å². The molecule has 0 radical (unpaired) electrons. The molecule has 0 aliphatic carbocycles. The Morgan fingerprint density at radius 1 is 0.929 bits per heavy atom. The lowest BCUT2D eigenvalue weighted by Crippen LogP contribution is -2.45. The van der Waals surface area contributed by atoms with Gasteiger partial charge < -0.3 is 10.6 Å². The minimum Gasteiger partial charge on any atom is -0.384 e. The van der Waals surface area contributed by atoms with E-state index in [0.29, 0.717) is 5.92 Å². The standard InChI is InChI=1S/C20H33N5O3/c1-22-18(21)17(19(27)23(2)20(22)28)16(26)14-25-11-7-15(8-12-25)13-24-9-5-3-4-6-10-24/h15H,3-14,21H2,1-2H3. The molecule has 0 amide bonds. The molecule has 0 bridgehead atoms. The number of carbonyl (C=O) groups excluding carboxylic acids is 1. The van der Waals surface area contributed by atoms with Crippen LogP contribution >= 0.6 is 0 Å². The zero-order chi connectivity index (χ0) is 20.3. The maximum atomic E-state index is 12.7. The van der Waals surface area contributed by atoms with Gasteiger partial charge in [0.15, 0.2) is 5.78 Å². The Bertz CT molecular complexity index is 812. The predicted molar refractivity (Wildman–Crippen MR) is 110 cm³/mol. The largest absolute Gasteiger partial charge is 0.384 e. The number of nitrogen functional groups attached to an aromatic ring is 1. The molecule has 2 aliphatic heterocycles. The fourth-order valence-electron chi connectivity index (χ4n) is 4.42. The third-order valence-corrected chi connectivity index (χ3v) is 6.28. The number of piperidine rings is 1. The van der Waals surface area contributed by atoms with E-state index < -0.39 is 11.2 Å². The van der Waals surface area contributed by atoms with E-state index in [9.17, 15) is 14.4 Å². The van der Waals surface area contributed by atoms with Gasteiger partial charge in [0.05, 0.1) is 6.54 Å². The number of nitrogens with zero attached hydrogens (tertiary/aromatic N) is 4. The van der Waals surface area contributed by atoms with E-state index in [-0.39, 0.29) is 23.7 Å². The van der Waals surface area contributed by atoms with Crippen LogP contribution < -0.4 is 17.0 Å². The number of hydrogen-bond donors (Lipinski definition) is 1. The molecule has 1 aromatic rings. The molecular weight excluding hydrogens is 358 g/mol. The Labute approximate surface area is 165 Å². The first kappa shape index (κ1) is 20.8. The van der Waals surface area contributed by atoms with Crippen LogP contribution in [0.25, 0.3) is 0 Å². The van der Waals surface area contributed by atoms with E-state index in [2.05, 4.69) is 9.80 Å². The first-order chi connectivity index (χ1) is 13.4. The van der Waals surface area contributed by atoms with Gasteiger partial charge in [-0.05, 0) is 57.8 Å². The van der Waals surface area contributed by atoms with Crippen LogP contribution in [0.1, 0.15) is 48.9 Å². The van der Waals surface area contributed by atoms with E-state index >= 15 is 0 Å². The van der Waals surface area contributed by atoms with Gasteiger partial charge in [-0.15, -0.1) is 0 Å². The van der Waals surface area contributed by atoms with Crippen LogP contribution in [-0.2, 0) is 14.1 Å². The number of likely N-dealkylation sites (tertiary alicyclic amines) is 2. The van der Waals surface area contributed by atoms with Crippen molar-refractivity contribution < 1.29 is 4.79 Å². The fourth-order valence-corrected chi connectivity index (χ4v) is 4.42. The summed E-state index contributed by atoms with van der Waals surface area (Å²) in [5, 5.41) is 0. The second-order valence-corrected chi connectivity index (χ2v) is 8.32. The van der Waals surface area contributed by atoms with Gasteiger partial charge >= 0.3 is 5.69 Å². The summed E-state index contributed by atoms with van der Waals surface area (Å²) in [6, 6.07) is 0. The molecule has 3 heterocycles. The average molecular weight is 392 g/mol. The number of nitrogens with two attached hydrogens (primary N) is 1. The summed E-state index contributed by atoms with van der Waals surface area (Å²) in [7, 11) is 2.84. The Morgan fingerprint density at radius 3 is 2.14 bits per heavy atom. The monoisotopic (exact) mass is 391 g/mol. The molecule has 28 heavy (non-hydrogen) atoms. The average Bonchev–Trinajstić information content (AvgIpc) is 2.95. The SMILES string of the molecule is Cn1c(N)c(C(=O)CN2CCC(CN3CCCCCC3)CC2)c(=O)n(C)c1=O. The predicted octanol–water partition coefficient (Wildman–Crippen LogP) is 0.437. The summed E-state index contributed by atoms with van der Waals surface area (Å²) in [4.78, 5) is 41.7. The van der Waals surface area contributed by atoms with Gasteiger partial charge in [-0.2, -0.15) is 0 Å². The number of carbonyl (C=O) groups is 1. The van der Waals surface area contributed by atoms with Gasteiger partial charge in [-0.1, -0.05) is 12.8 Å². The zero-order valence-electron chi connectivity index (χ0n) is 17.2. The molecule has 2 aliphatic rings. The molecule has 3 rings (SSSR count). The number of Topliss-reactive ketones (excluding diaryl/α,β-unsaturated/α-hetero) is 1. The van der Waals surface area contributed by atoms with Crippen molar-refractivity contribution in [3.8, 4) is 0 Å². The van der Waals surface area contributed by atoms with Crippen LogP contribution in [0.2, 0.25) is 0 Å². The van der Waals surface area contributed by atoms with E-state index in [1.165, 1.54) is 52.9 Å². The summed E-state index contributed by atoms with van der Waals surface area (Å²) in [5.41, 5.74) is 4.70. The molecule has 2 fully saturated rings. The molecule has 0 atom stereocenters. The van der Waals surface area contributed by atoms with Gasteiger partial charge in [-0.3, -0.25) is 23.6 Å². The van der Waals surface area contributed by atoms with Gasteiger partial charge in [0.25, 0.3) is 5.56 Å². The maximum absolute atomic E-state index is 12.7.